The molecule has 0 spiro atoms. The highest BCUT2D eigenvalue weighted by Gasteiger charge is 2.22. The van der Waals surface area contributed by atoms with Crippen LogP contribution in [0.3, 0.4) is 0 Å². The summed E-state index contributed by atoms with van der Waals surface area (Å²) in [5.74, 6) is -0.177. The van der Waals surface area contributed by atoms with Crippen molar-refractivity contribution in [1.29, 1.82) is 0 Å². The molecule has 1 atom stereocenters. The highest BCUT2D eigenvalue weighted by atomic mass is 32.2. The summed E-state index contributed by atoms with van der Waals surface area (Å²) < 4.78 is 7.95. The van der Waals surface area contributed by atoms with E-state index in [-0.39, 0.29) is 29.1 Å². The minimum Gasteiger partial charge on any atom is -0.376 e. The Morgan fingerprint density at radius 2 is 2.09 bits per heavy atom. The van der Waals surface area contributed by atoms with Crippen LogP contribution in [0.2, 0.25) is 0 Å². The van der Waals surface area contributed by atoms with Gasteiger partial charge < -0.3 is 10.1 Å². The predicted molar refractivity (Wildman–Crippen MR) is 134 cm³/mol. The maximum absolute atomic E-state index is 13.4. The van der Waals surface area contributed by atoms with E-state index in [1.807, 2.05) is 12.1 Å². The molecule has 1 amide bonds. The van der Waals surface area contributed by atoms with E-state index in [1.54, 1.807) is 35.0 Å². The van der Waals surface area contributed by atoms with E-state index in [0.29, 0.717) is 39.8 Å². The first-order chi connectivity index (χ1) is 16.5. The molecular weight excluding hydrogens is 472 g/mol. The van der Waals surface area contributed by atoms with Gasteiger partial charge in [0.1, 0.15) is 9.53 Å². The smallest absolute Gasteiger partial charge is 0.272 e. The minimum atomic E-state index is -0.226. The van der Waals surface area contributed by atoms with Gasteiger partial charge in [-0.15, -0.1) is 11.3 Å². The number of anilines is 1. The van der Waals surface area contributed by atoms with Gasteiger partial charge in [0, 0.05) is 29.4 Å². The lowest BCUT2D eigenvalue weighted by Gasteiger charge is -2.15. The fourth-order valence-electron chi connectivity index (χ4n) is 3.92. The molecule has 1 aliphatic heterocycles. The van der Waals surface area contributed by atoms with Crippen LogP contribution >= 0.6 is 23.1 Å². The normalized spacial score (nSPS) is 15.7. The number of thiophene rings is 1. The zero-order valence-corrected chi connectivity index (χ0v) is 20.1. The van der Waals surface area contributed by atoms with Crippen molar-refractivity contribution >= 4 is 60.9 Å². The van der Waals surface area contributed by atoms with Crippen LogP contribution in [0.15, 0.2) is 52.5 Å². The van der Waals surface area contributed by atoms with E-state index < -0.39 is 0 Å². The maximum atomic E-state index is 13.4. The number of hydrogen-bond acceptors (Lipinski definition) is 8. The molecule has 1 aromatic carbocycles. The SMILES string of the molecule is CC(=O)c1ccc(NC(=O)CSc2nc3c(sc4ncccc43)c(=O)n2C[C@@H]2CCCO2)cc1. The molecular formula is C24H22N4O4S2. The van der Waals surface area contributed by atoms with Gasteiger partial charge in [-0.2, -0.15) is 0 Å². The number of nitrogens with one attached hydrogen (secondary N) is 1. The van der Waals surface area contributed by atoms with Crippen LogP contribution < -0.4 is 10.9 Å². The van der Waals surface area contributed by atoms with Crippen molar-refractivity contribution in [1.82, 2.24) is 14.5 Å². The maximum Gasteiger partial charge on any atom is 0.272 e. The van der Waals surface area contributed by atoms with Crippen LogP contribution in [-0.2, 0) is 16.1 Å². The Bertz CT molecular complexity index is 1440. The van der Waals surface area contributed by atoms with Crippen molar-refractivity contribution in [3.05, 3.63) is 58.5 Å². The number of carbonyl (C=O) groups excluding carboxylic acids is 2. The topological polar surface area (TPSA) is 103 Å². The monoisotopic (exact) mass is 494 g/mol. The van der Waals surface area contributed by atoms with Crippen molar-refractivity contribution < 1.29 is 14.3 Å². The number of Topliss-reactive ketones (excluding diaryl/α,β-unsaturated/α-hetero) is 1. The molecule has 4 heterocycles. The van der Waals surface area contributed by atoms with Gasteiger partial charge in [0.2, 0.25) is 5.91 Å². The summed E-state index contributed by atoms with van der Waals surface area (Å²) in [7, 11) is 0. The van der Waals surface area contributed by atoms with Crippen LogP contribution in [0.4, 0.5) is 5.69 Å². The van der Waals surface area contributed by atoms with Crippen LogP contribution in [0.5, 0.6) is 0 Å². The molecule has 1 N–H and O–H groups in total. The minimum absolute atomic E-state index is 0.0322. The number of ketones is 1. The average Bonchev–Trinajstić information content (AvgIpc) is 3.48. The van der Waals surface area contributed by atoms with E-state index in [9.17, 15) is 14.4 Å². The molecule has 0 radical (unpaired) electrons. The number of aromatic nitrogens is 3. The van der Waals surface area contributed by atoms with Gasteiger partial charge in [-0.05, 0) is 56.2 Å². The number of nitrogens with zero attached hydrogens (tertiary/aromatic N) is 3. The first kappa shape index (κ1) is 22.7. The Balaban J connectivity index is 1.42. The summed E-state index contributed by atoms with van der Waals surface area (Å²) in [6.07, 6.45) is 3.51. The summed E-state index contributed by atoms with van der Waals surface area (Å²) in [4.78, 5) is 47.4. The van der Waals surface area contributed by atoms with Gasteiger partial charge in [0.05, 0.1) is 23.9 Å². The number of carbonyl (C=O) groups is 2. The highest BCUT2D eigenvalue weighted by molar-refractivity contribution is 7.99. The van der Waals surface area contributed by atoms with E-state index in [0.717, 1.165) is 23.1 Å². The van der Waals surface area contributed by atoms with Gasteiger partial charge in [-0.25, -0.2) is 9.97 Å². The molecule has 1 fully saturated rings. The van der Waals surface area contributed by atoms with Crippen LogP contribution in [0.25, 0.3) is 20.4 Å². The lowest BCUT2D eigenvalue weighted by atomic mass is 10.1. The molecule has 4 aromatic rings. The number of rotatable bonds is 7. The molecule has 5 rings (SSSR count). The second-order valence-electron chi connectivity index (χ2n) is 8.05. The number of pyridine rings is 1. The van der Waals surface area contributed by atoms with E-state index in [4.69, 9.17) is 9.72 Å². The van der Waals surface area contributed by atoms with E-state index in [1.165, 1.54) is 30.0 Å². The van der Waals surface area contributed by atoms with Gasteiger partial charge in [0.15, 0.2) is 10.9 Å². The molecule has 8 nitrogen and oxygen atoms in total. The zero-order valence-electron chi connectivity index (χ0n) is 18.4. The van der Waals surface area contributed by atoms with Gasteiger partial charge >= 0.3 is 0 Å². The summed E-state index contributed by atoms with van der Waals surface area (Å²) >= 11 is 2.56. The number of hydrogen-bond donors (Lipinski definition) is 1. The molecule has 1 aliphatic rings. The number of ether oxygens (including phenoxy) is 1. The Kier molecular flexibility index (Phi) is 6.44. The molecule has 3 aromatic heterocycles. The quantitative estimate of drug-likeness (QED) is 0.234. The highest BCUT2D eigenvalue weighted by Crippen LogP contribution is 2.31. The molecule has 0 saturated carbocycles. The summed E-state index contributed by atoms with van der Waals surface area (Å²) in [5.41, 5.74) is 1.67. The predicted octanol–water partition coefficient (Wildman–Crippen LogP) is 4.12. The van der Waals surface area contributed by atoms with Crippen LogP contribution in [0, 0.1) is 0 Å². The Morgan fingerprint density at radius 1 is 1.26 bits per heavy atom. The third-order valence-corrected chi connectivity index (χ3v) is 7.70. The average molecular weight is 495 g/mol. The molecule has 10 heteroatoms. The van der Waals surface area contributed by atoms with E-state index in [2.05, 4.69) is 10.3 Å². The standard InChI is InChI=1S/C24H22N4O4S2/c1-14(29)15-6-8-16(9-7-15)26-19(30)13-33-24-27-20-18-5-2-10-25-22(18)34-21(20)23(31)28(24)12-17-4-3-11-32-17/h2,5-10,17H,3-4,11-13H2,1H3,(H,26,30)/t17-/m0/s1. The fraction of sp³-hybridized carbons (Fsp3) is 0.292. The molecule has 34 heavy (non-hydrogen) atoms. The molecule has 0 bridgehead atoms. The van der Waals surface area contributed by atoms with Crippen LogP contribution in [-0.4, -0.2) is 44.7 Å². The lowest BCUT2D eigenvalue weighted by Crippen LogP contribution is -2.28. The summed E-state index contributed by atoms with van der Waals surface area (Å²) in [6.45, 7) is 2.59. The molecule has 1 saturated heterocycles. The number of fused-ring (bicyclic) bond motifs is 3. The van der Waals surface area contributed by atoms with Crippen molar-refractivity contribution in [2.45, 2.75) is 37.6 Å². The van der Waals surface area contributed by atoms with Gasteiger partial charge in [-0.1, -0.05) is 11.8 Å². The van der Waals surface area contributed by atoms with Crippen LogP contribution in [0.1, 0.15) is 30.1 Å². The van der Waals surface area contributed by atoms with Crippen molar-refractivity contribution in [3.63, 3.8) is 0 Å². The molecule has 0 unspecified atom stereocenters. The number of thioether (sulfide) groups is 1. The third kappa shape index (κ3) is 4.61. The third-order valence-electron chi connectivity index (χ3n) is 5.64. The first-order valence-electron chi connectivity index (χ1n) is 10.9. The zero-order chi connectivity index (χ0) is 23.7. The first-order valence-corrected chi connectivity index (χ1v) is 12.7. The van der Waals surface area contributed by atoms with Crippen molar-refractivity contribution in [2.24, 2.45) is 0 Å². The Labute approximate surface area is 203 Å². The second kappa shape index (κ2) is 9.65. The summed E-state index contributed by atoms with van der Waals surface area (Å²) in [5, 5.41) is 4.15. The number of amides is 1. The van der Waals surface area contributed by atoms with Gasteiger partial charge in [-0.3, -0.25) is 19.0 Å². The van der Waals surface area contributed by atoms with E-state index >= 15 is 0 Å². The fourth-order valence-corrected chi connectivity index (χ4v) is 5.75. The number of benzene rings is 1. The van der Waals surface area contributed by atoms with Crippen molar-refractivity contribution in [3.8, 4) is 0 Å². The molecule has 0 aliphatic carbocycles. The Morgan fingerprint density at radius 3 is 2.82 bits per heavy atom. The second-order valence-corrected chi connectivity index (χ2v) is 9.99. The molecule has 174 valence electrons. The Hall–Kier alpha value is -3.08. The van der Waals surface area contributed by atoms with Crippen molar-refractivity contribution in [2.75, 3.05) is 17.7 Å². The summed E-state index contributed by atoms with van der Waals surface area (Å²) in [6, 6.07) is 10.5. The largest absolute Gasteiger partial charge is 0.376 e. The van der Waals surface area contributed by atoms with Gasteiger partial charge in [0.25, 0.3) is 5.56 Å². The lowest BCUT2D eigenvalue weighted by molar-refractivity contribution is -0.113.